The number of nitrogens with zero attached hydrogens (tertiary/aromatic N) is 3. The molecule has 10 heteroatoms. The molecule has 260 valence electrons. The second-order valence-electron chi connectivity index (χ2n) is 13.7. The van der Waals surface area contributed by atoms with E-state index < -0.39 is 31.5 Å². The van der Waals surface area contributed by atoms with Crippen molar-refractivity contribution in [3.63, 3.8) is 0 Å². The number of benzene rings is 3. The molecule has 0 radical (unpaired) electrons. The summed E-state index contributed by atoms with van der Waals surface area (Å²) in [5, 5.41) is 5.54. The third kappa shape index (κ3) is 5.18. The van der Waals surface area contributed by atoms with Crippen molar-refractivity contribution in [1.82, 2.24) is 10.2 Å². The summed E-state index contributed by atoms with van der Waals surface area (Å²) in [7, 11) is -2.28. The maximum Gasteiger partial charge on any atom is 0.340 e. The molecule has 0 aliphatic carbocycles. The van der Waals surface area contributed by atoms with Gasteiger partial charge in [-0.05, 0) is 86.6 Å². The summed E-state index contributed by atoms with van der Waals surface area (Å²) in [5.74, 6) is -1.63. The van der Waals surface area contributed by atoms with Crippen LogP contribution in [0.25, 0.3) is 0 Å². The molecule has 0 saturated carbocycles. The number of anilines is 2. The molecule has 3 aromatic carbocycles. The first-order chi connectivity index (χ1) is 24.2. The first-order valence-corrected chi connectivity index (χ1v) is 20.6. The Balaban J connectivity index is 1.36. The van der Waals surface area contributed by atoms with E-state index in [1.807, 2.05) is 6.07 Å². The summed E-state index contributed by atoms with van der Waals surface area (Å²) >= 11 is 0. The Morgan fingerprint density at radius 2 is 1.30 bits per heavy atom. The van der Waals surface area contributed by atoms with Crippen LogP contribution in [0.1, 0.15) is 84.4 Å². The van der Waals surface area contributed by atoms with Crippen LogP contribution in [0.3, 0.4) is 0 Å². The van der Waals surface area contributed by atoms with Gasteiger partial charge in [0.2, 0.25) is 0 Å². The van der Waals surface area contributed by atoms with Crippen LogP contribution >= 0.6 is 0 Å². The zero-order chi connectivity index (χ0) is 35.2. The first-order valence-electron chi connectivity index (χ1n) is 18.2. The lowest BCUT2D eigenvalue weighted by molar-refractivity contribution is -0.136. The average molecular weight is 691 g/mol. The Bertz CT molecular complexity index is 1820. The fraction of sp³-hybridized carbons (Fsp3) is 0.400. The molecular weight excluding hydrogens is 645 g/mol. The predicted molar refractivity (Wildman–Crippen MR) is 198 cm³/mol. The van der Waals surface area contributed by atoms with Gasteiger partial charge >= 0.3 is 5.97 Å². The predicted octanol–water partition coefficient (Wildman–Crippen LogP) is 4.56. The number of fused-ring (bicyclic) bond motifs is 8. The summed E-state index contributed by atoms with van der Waals surface area (Å²) < 4.78 is 6.70. The van der Waals surface area contributed by atoms with Crippen LogP contribution in [0, 0.1) is 0 Å². The number of carbonyl (C=O) groups is 4. The fourth-order valence-corrected chi connectivity index (χ4v) is 14.6. The van der Waals surface area contributed by atoms with E-state index in [0.29, 0.717) is 11.1 Å². The number of imide groups is 1. The van der Waals surface area contributed by atoms with Crippen LogP contribution in [-0.2, 0) is 19.9 Å². The van der Waals surface area contributed by atoms with Crippen molar-refractivity contribution >= 4 is 53.5 Å². The van der Waals surface area contributed by atoms with E-state index in [4.69, 9.17) is 4.74 Å². The molecule has 4 heterocycles. The zero-order valence-corrected chi connectivity index (χ0v) is 30.5. The smallest absolute Gasteiger partial charge is 0.340 e. The molecule has 9 nitrogen and oxygen atoms in total. The van der Waals surface area contributed by atoms with Crippen molar-refractivity contribution in [2.45, 2.75) is 64.6 Å². The molecule has 2 spiro atoms. The van der Waals surface area contributed by atoms with E-state index in [1.165, 1.54) is 53.2 Å². The molecule has 1 N–H and O–H groups in total. The number of carbonyl (C=O) groups excluding carboxylic acids is 4. The molecular formula is C40H46N4O5Si. The number of hydrogen-bond acceptors (Lipinski definition) is 7. The number of rotatable bonds is 10. The molecule has 1 fully saturated rings. The van der Waals surface area contributed by atoms with Crippen LogP contribution in [-0.4, -0.2) is 75.9 Å². The van der Waals surface area contributed by atoms with Crippen LogP contribution < -0.4 is 25.5 Å². The second-order valence-corrected chi connectivity index (χ2v) is 17.9. The van der Waals surface area contributed by atoms with Gasteiger partial charge in [0.15, 0.2) is 5.60 Å². The first kappa shape index (κ1) is 33.8. The van der Waals surface area contributed by atoms with Crippen molar-refractivity contribution in [3.05, 3.63) is 94.6 Å². The molecule has 0 unspecified atom stereocenters. The Hall–Kier alpha value is -4.70. The summed E-state index contributed by atoms with van der Waals surface area (Å²) in [6.45, 7) is 12.5. The molecule has 0 atom stereocenters. The number of hydrogen-bond donors (Lipinski definition) is 1. The molecule has 4 aliphatic rings. The van der Waals surface area contributed by atoms with Crippen molar-refractivity contribution < 1.29 is 23.9 Å². The minimum absolute atomic E-state index is 0.0661. The van der Waals surface area contributed by atoms with Crippen LogP contribution in [0.4, 0.5) is 11.4 Å². The molecule has 4 aliphatic heterocycles. The van der Waals surface area contributed by atoms with Crippen LogP contribution in [0.2, 0.25) is 12.1 Å². The number of nitrogens with one attached hydrogen (secondary N) is 1. The molecule has 3 amide bonds. The van der Waals surface area contributed by atoms with Crippen molar-refractivity contribution in [2.75, 3.05) is 49.1 Å². The van der Waals surface area contributed by atoms with Gasteiger partial charge in [0.05, 0.1) is 5.56 Å². The van der Waals surface area contributed by atoms with Gasteiger partial charge in [-0.2, -0.15) is 0 Å². The minimum atomic E-state index is -2.28. The summed E-state index contributed by atoms with van der Waals surface area (Å²) in [4.78, 5) is 57.1. The van der Waals surface area contributed by atoms with Gasteiger partial charge in [-0.1, -0.05) is 37.5 Å². The molecule has 1 saturated heterocycles. The van der Waals surface area contributed by atoms with E-state index in [2.05, 4.69) is 79.2 Å². The Labute approximate surface area is 295 Å². The Morgan fingerprint density at radius 1 is 0.760 bits per heavy atom. The van der Waals surface area contributed by atoms with E-state index in [-0.39, 0.29) is 19.0 Å². The van der Waals surface area contributed by atoms with Gasteiger partial charge in [-0.25, -0.2) is 4.79 Å². The van der Waals surface area contributed by atoms with E-state index in [0.717, 1.165) is 59.9 Å². The molecule has 0 aromatic heterocycles. The van der Waals surface area contributed by atoms with Gasteiger partial charge in [-0.3, -0.25) is 19.3 Å². The van der Waals surface area contributed by atoms with Gasteiger partial charge < -0.3 is 19.9 Å². The molecule has 7 rings (SSSR count). The van der Waals surface area contributed by atoms with E-state index >= 15 is 0 Å². The summed E-state index contributed by atoms with van der Waals surface area (Å²) in [5.41, 5.74) is 4.85. The number of ether oxygens (including phenoxy) is 1. The van der Waals surface area contributed by atoms with Gasteiger partial charge in [0.1, 0.15) is 8.07 Å². The van der Waals surface area contributed by atoms with Crippen molar-refractivity contribution in [2.24, 2.45) is 0 Å². The maximum atomic E-state index is 14.0. The minimum Gasteiger partial charge on any atom is -0.441 e. The molecule has 3 aromatic rings. The number of amides is 3. The second kappa shape index (κ2) is 13.2. The molecule has 0 bridgehead atoms. The lowest BCUT2D eigenvalue weighted by atomic mass is 9.78. The third-order valence-corrected chi connectivity index (χ3v) is 16.7. The normalized spacial score (nSPS) is 17.8. The van der Waals surface area contributed by atoms with Crippen molar-refractivity contribution in [1.29, 1.82) is 0 Å². The zero-order valence-electron chi connectivity index (χ0n) is 29.5. The monoisotopic (exact) mass is 690 g/mol. The highest BCUT2D eigenvalue weighted by atomic mass is 28.3. The maximum absolute atomic E-state index is 14.0. The standard InChI is InChI=1S/C40H46N4O5Si/c1-5-42(6-2)28-13-16-32-34(25-28)50(22-10-9-11-23-50)35-26-29(43(7-3)8-4)14-17-33(35)40(32)31-15-12-27(24-30(31)39(48)49-40)38(47)41-20-21-44-36(45)18-19-37(44)46/h12-19,24-26H,5-11,20-23H2,1-4H3,(H,41,47). The summed E-state index contributed by atoms with van der Waals surface area (Å²) in [6, 6.07) is 21.2. The fourth-order valence-electron chi connectivity index (χ4n) is 8.87. The lowest BCUT2D eigenvalue weighted by Gasteiger charge is -2.48. The number of esters is 1. The Morgan fingerprint density at radius 3 is 1.84 bits per heavy atom. The van der Waals surface area contributed by atoms with Crippen molar-refractivity contribution in [3.8, 4) is 0 Å². The van der Waals surface area contributed by atoms with Gasteiger partial charge in [0, 0.05) is 85.0 Å². The highest BCUT2D eigenvalue weighted by Crippen LogP contribution is 2.51. The highest BCUT2D eigenvalue weighted by Gasteiger charge is 2.58. The SMILES string of the molecule is CCN(CC)c1ccc2c(c1)[Si]1(CCCCC1)c1cc(N(CC)CC)ccc1C21OC(=O)c2cc(C(=O)NCCN3C(=O)C=CC3=O)ccc21. The quantitative estimate of drug-likeness (QED) is 0.189. The van der Waals surface area contributed by atoms with E-state index in [1.54, 1.807) is 12.1 Å². The van der Waals surface area contributed by atoms with Gasteiger partial charge in [0.25, 0.3) is 17.7 Å². The lowest BCUT2D eigenvalue weighted by Crippen LogP contribution is -2.67. The third-order valence-electron chi connectivity index (χ3n) is 11.4. The average Bonchev–Trinajstić information content (AvgIpc) is 3.62. The van der Waals surface area contributed by atoms with Crippen LogP contribution in [0.5, 0.6) is 0 Å². The van der Waals surface area contributed by atoms with Gasteiger partial charge in [-0.15, -0.1) is 0 Å². The van der Waals surface area contributed by atoms with Crippen LogP contribution in [0.15, 0.2) is 66.7 Å². The Kier molecular flexibility index (Phi) is 8.92. The van der Waals surface area contributed by atoms with E-state index in [9.17, 15) is 19.2 Å². The highest BCUT2D eigenvalue weighted by molar-refractivity contribution is 7.03. The summed E-state index contributed by atoms with van der Waals surface area (Å²) in [6.07, 6.45) is 6.06. The largest absolute Gasteiger partial charge is 0.441 e. The topological polar surface area (TPSA) is 99.3 Å². The molecule has 50 heavy (non-hydrogen) atoms.